The molecular weight excluding hydrogens is 328 g/mol. The molecule has 0 spiro atoms. The maximum Gasteiger partial charge on any atom is 0.313 e. The van der Waals surface area contributed by atoms with Crippen molar-refractivity contribution in [3.05, 3.63) is 24.3 Å². The molecule has 26 heavy (non-hydrogen) atoms. The van der Waals surface area contributed by atoms with Crippen LogP contribution in [0.4, 0.5) is 5.69 Å². The summed E-state index contributed by atoms with van der Waals surface area (Å²) in [6.07, 6.45) is 5.00. The highest BCUT2D eigenvalue weighted by atomic mass is 16.5. The molecule has 2 rings (SSSR count). The minimum Gasteiger partial charge on any atom is -0.494 e. The van der Waals surface area contributed by atoms with Crippen molar-refractivity contribution < 1.29 is 14.3 Å². The van der Waals surface area contributed by atoms with E-state index >= 15 is 0 Å². The lowest BCUT2D eigenvalue weighted by atomic mass is 9.71. The molecule has 2 amide bonds. The van der Waals surface area contributed by atoms with Crippen LogP contribution in [-0.2, 0) is 9.59 Å². The Morgan fingerprint density at radius 1 is 1.04 bits per heavy atom. The van der Waals surface area contributed by atoms with Gasteiger partial charge in [-0.2, -0.15) is 0 Å². The van der Waals surface area contributed by atoms with Crippen molar-refractivity contribution in [1.82, 2.24) is 5.32 Å². The van der Waals surface area contributed by atoms with Gasteiger partial charge in [0.2, 0.25) is 0 Å². The molecule has 1 aliphatic carbocycles. The minimum atomic E-state index is -0.620. The van der Waals surface area contributed by atoms with E-state index in [1.807, 2.05) is 6.92 Å². The number of ether oxygens (including phenoxy) is 1. The predicted molar refractivity (Wildman–Crippen MR) is 104 cm³/mol. The van der Waals surface area contributed by atoms with Gasteiger partial charge in [0.05, 0.1) is 6.61 Å². The van der Waals surface area contributed by atoms with E-state index in [0.29, 0.717) is 23.6 Å². The van der Waals surface area contributed by atoms with Crippen molar-refractivity contribution >= 4 is 17.5 Å². The summed E-state index contributed by atoms with van der Waals surface area (Å²) >= 11 is 0. The highest BCUT2D eigenvalue weighted by Crippen LogP contribution is 2.37. The molecule has 1 fully saturated rings. The van der Waals surface area contributed by atoms with Crippen molar-refractivity contribution in [2.45, 2.75) is 65.8 Å². The van der Waals surface area contributed by atoms with Gasteiger partial charge in [-0.1, -0.05) is 27.7 Å². The van der Waals surface area contributed by atoms with Crippen LogP contribution >= 0.6 is 0 Å². The predicted octanol–water partition coefficient (Wildman–Crippen LogP) is 4.14. The zero-order valence-corrected chi connectivity index (χ0v) is 16.4. The van der Waals surface area contributed by atoms with Crippen molar-refractivity contribution in [3.8, 4) is 5.75 Å². The van der Waals surface area contributed by atoms with E-state index in [1.165, 1.54) is 0 Å². The van der Waals surface area contributed by atoms with E-state index in [9.17, 15) is 9.59 Å². The number of anilines is 1. The van der Waals surface area contributed by atoms with Gasteiger partial charge in [0.15, 0.2) is 0 Å². The first-order valence-electron chi connectivity index (χ1n) is 9.64. The fraction of sp³-hybridized carbons (Fsp3) is 0.619. The minimum absolute atomic E-state index is 0.0941. The first-order valence-corrected chi connectivity index (χ1v) is 9.64. The van der Waals surface area contributed by atoms with Gasteiger partial charge in [0, 0.05) is 11.7 Å². The first-order chi connectivity index (χ1) is 12.3. The Morgan fingerprint density at radius 2 is 1.65 bits per heavy atom. The van der Waals surface area contributed by atoms with Crippen LogP contribution in [0.25, 0.3) is 0 Å². The fourth-order valence-electron chi connectivity index (χ4n) is 3.40. The van der Waals surface area contributed by atoms with Crippen LogP contribution in [0.2, 0.25) is 0 Å². The summed E-state index contributed by atoms with van der Waals surface area (Å²) in [5.74, 6) is 0.253. The largest absolute Gasteiger partial charge is 0.494 e. The Morgan fingerprint density at radius 3 is 2.19 bits per heavy atom. The molecule has 5 heteroatoms. The Balaban J connectivity index is 1.78. The molecule has 1 aliphatic rings. The number of nitrogens with one attached hydrogen (secondary N) is 2. The molecule has 0 saturated heterocycles. The Labute approximate surface area is 156 Å². The molecule has 1 aromatic rings. The lowest BCUT2D eigenvalue weighted by Crippen LogP contribution is -2.44. The molecule has 0 radical (unpaired) electrons. The smallest absolute Gasteiger partial charge is 0.313 e. The van der Waals surface area contributed by atoms with Crippen LogP contribution in [0.15, 0.2) is 24.3 Å². The standard InChI is InChI=1S/C21H32N2O3/c1-5-14-26-18-12-10-17(11-13-18)23-20(25)19(24)22-16-8-6-15(7-9-16)21(2,3)4/h10-13,15-16H,5-9,14H2,1-4H3,(H,22,24)(H,23,25). The number of rotatable bonds is 5. The summed E-state index contributed by atoms with van der Waals surface area (Å²) in [5, 5.41) is 5.52. The molecule has 2 N–H and O–H groups in total. The van der Waals surface area contributed by atoms with Crippen LogP contribution in [0.1, 0.15) is 59.8 Å². The van der Waals surface area contributed by atoms with Gasteiger partial charge in [-0.25, -0.2) is 0 Å². The van der Waals surface area contributed by atoms with E-state index < -0.39 is 11.8 Å². The number of carbonyl (C=O) groups excluding carboxylic acids is 2. The SMILES string of the molecule is CCCOc1ccc(NC(=O)C(=O)NC2CCC(C(C)(C)C)CC2)cc1. The van der Waals surface area contributed by atoms with Gasteiger partial charge in [-0.05, 0) is 67.7 Å². The second kappa shape index (κ2) is 9.06. The number of hydrogen-bond acceptors (Lipinski definition) is 3. The summed E-state index contributed by atoms with van der Waals surface area (Å²) in [5.41, 5.74) is 0.893. The first kappa shape index (κ1) is 20.3. The van der Waals surface area contributed by atoms with Gasteiger partial charge < -0.3 is 15.4 Å². The number of amides is 2. The summed E-state index contributed by atoms with van der Waals surface area (Å²) in [6.45, 7) is 9.50. The molecule has 0 bridgehead atoms. The molecule has 1 saturated carbocycles. The van der Waals surface area contributed by atoms with Crippen molar-refractivity contribution in [3.63, 3.8) is 0 Å². The zero-order chi connectivity index (χ0) is 19.2. The molecule has 1 aromatic carbocycles. The topological polar surface area (TPSA) is 67.4 Å². The Hall–Kier alpha value is -2.04. The van der Waals surface area contributed by atoms with Gasteiger partial charge in [0.25, 0.3) is 0 Å². The molecule has 0 aromatic heterocycles. The maximum absolute atomic E-state index is 12.2. The lowest BCUT2D eigenvalue weighted by molar-refractivity contribution is -0.136. The van der Waals surface area contributed by atoms with Gasteiger partial charge in [0.1, 0.15) is 5.75 Å². The van der Waals surface area contributed by atoms with Crippen LogP contribution in [-0.4, -0.2) is 24.5 Å². The highest BCUT2D eigenvalue weighted by Gasteiger charge is 2.30. The second-order valence-electron chi connectivity index (χ2n) is 8.21. The lowest BCUT2D eigenvalue weighted by Gasteiger charge is -2.37. The molecule has 5 nitrogen and oxygen atoms in total. The van der Waals surface area contributed by atoms with Crippen LogP contribution < -0.4 is 15.4 Å². The zero-order valence-electron chi connectivity index (χ0n) is 16.4. The maximum atomic E-state index is 12.2. The molecular formula is C21H32N2O3. The fourth-order valence-corrected chi connectivity index (χ4v) is 3.40. The quantitative estimate of drug-likeness (QED) is 0.776. The molecule has 144 valence electrons. The normalized spacial score (nSPS) is 20.3. The molecule has 0 aliphatic heterocycles. The second-order valence-corrected chi connectivity index (χ2v) is 8.21. The van der Waals surface area contributed by atoms with Crippen molar-refractivity contribution in [1.29, 1.82) is 0 Å². The Kier molecular flexibility index (Phi) is 7.06. The third-order valence-corrected chi connectivity index (χ3v) is 5.08. The van der Waals surface area contributed by atoms with Crippen LogP contribution in [0.3, 0.4) is 0 Å². The summed E-state index contributed by atoms with van der Waals surface area (Å²) in [7, 11) is 0. The number of carbonyl (C=O) groups is 2. The third kappa shape index (κ3) is 6.04. The number of hydrogen-bond donors (Lipinski definition) is 2. The highest BCUT2D eigenvalue weighted by molar-refractivity contribution is 6.39. The van der Waals surface area contributed by atoms with Crippen LogP contribution in [0, 0.1) is 11.3 Å². The molecule has 0 atom stereocenters. The average Bonchev–Trinajstić information content (AvgIpc) is 2.60. The van der Waals surface area contributed by atoms with Gasteiger partial charge in [-0.3, -0.25) is 9.59 Å². The molecule has 0 heterocycles. The van der Waals surface area contributed by atoms with Crippen molar-refractivity contribution in [2.75, 3.05) is 11.9 Å². The van der Waals surface area contributed by atoms with Gasteiger partial charge in [-0.15, -0.1) is 0 Å². The summed E-state index contributed by atoms with van der Waals surface area (Å²) < 4.78 is 5.50. The molecule has 0 unspecified atom stereocenters. The van der Waals surface area contributed by atoms with E-state index in [1.54, 1.807) is 24.3 Å². The van der Waals surface area contributed by atoms with E-state index in [4.69, 9.17) is 4.74 Å². The monoisotopic (exact) mass is 360 g/mol. The summed E-state index contributed by atoms with van der Waals surface area (Å²) in [4.78, 5) is 24.3. The van der Waals surface area contributed by atoms with Crippen LogP contribution in [0.5, 0.6) is 5.75 Å². The van der Waals surface area contributed by atoms with E-state index in [2.05, 4.69) is 31.4 Å². The van der Waals surface area contributed by atoms with Crippen molar-refractivity contribution in [2.24, 2.45) is 11.3 Å². The van der Waals surface area contributed by atoms with Gasteiger partial charge >= 0.3 is 11.8 Å². The average molecular weight is 360 g/mol. The third-order valence-electron chi connectivity index (χ3n) is 5.08. The Bertz CT molecular complexity index is 597. The van der Waals surface area contributed by atoms with E-state index in [-0.39, 0.29) is 6.04 Å². The number of benzene rings is 1. The summed E-state index contributed by atoms with van der Waals surface area (Å²) in [6, 6.07) is 7.15. The van der Waals surface area contributed by atoms with E-state index in [0.717, 1.165) is 37.9 Å².